The topological polar surface area (TPSA) is 23.2 Å². The lowest BCUT2D eigenvalue weighted by molar-refractivity contribution is -0.658. The molecule has 0 saturated heterocycles. The van der Waals surface area contributed by atoms with Crippen LogP contribution in [0, 0.1) is 20.8 Å². The summed E-state index contributed by atoms with van der Waals surface area (Å²) in [6, 6.07) is 17.1. The van der Waals surface area contributed by atoms with E-state index in [4.69, 9.17) is 4.98 Å². The summed E-state index contributed by atoms with van der Waals surface area (Å²) in [5.41, 5.74) is 7.05. The van der Waals surface area contributed by atoms with E-state index in [2.05, 4.69) is 104 Å². The first-order valence-electron chi connectivity index (χ1n) is 9.06. The Balaban J connectivity index is 1.93. The first kappa shape index (κ1) is 16.6. The Morgan fingerprint density at radius 3 is 2.23 bits per heavy atom. The second-order valence-electron chi connectivity index (χ2n) is 7.04. The Morgan fingerprint density at radius 1 is 0.923 bits per heavy atom. The standard InChI is InChI=1S/C22H25N4/c1-15-14-16(2)23-17(3)22(15)26-18(4)25(19-10-6-7-11-20(19)26)21-12-8-9-13-24(21)5/h6-14,18H,1-5H3/q+1/t18-/m0/s1. The average Bonchev–Trinajstić information content (AvgIpc) is 2.87. The number of nitrogens with zero attached hydrogens (tertiary/aromatic N) is 4. The highest BCUT2D eigenvalue weighted by atomic mass is 15.4. The zero-order valence-electron chi connectivity index (χ0n) is 16.1. The molecule has 1 aliphatic heterocycles. The van der Waals surface area contributed by atoms with Gasteiger partial charge in [0, 0.05) is 11.8 Å². The number of hydrogen-bond acceptors (Lipinski definition) is 3. The van der Waals surface area contributed by atoms with Crippen LogP contribution in [0.5, 0.6) is 0 Å². The van der Waals surface area contributed by atoms with Crippen LogP contribution in [0.25, 0.3) is 0 Å². The molecular formula is C22H25N4+. The Kier molecular flexibility index (Phi) is 3.91. The molecule has 0 unspecified atom stereocenters. The predicted molar refractivity (Wildman–Crippen MR) is 106 cm³/mol. The van der Waals surface area contributed by atoms with Crippen molar-refractivity contribution >= 4 is 22.9 Å². The third-order valence-electron chi connectivity index (χ3n) is 5.15. The number of pyridine rings is 2. The van der Waals surface area contributed by atoms with Gasteiger partial charge in [0.1, 0.15) is 0 Å². The maximum absolute atomic E-state index is 4.74. The van der Waals surface area contributed by atoms with Crippen LogP contribution in [0.4, 0.5) is 22.9 Å². The van der Waals surface area contributed by atoms with Crippen LogP contribution in [0.15, 0.2) is 54.7 Å². The fraction of sp³-hybridized carbons (Fsp3) is 0.273. The molecule has 2 aromatic heterocycles. The lowest BCUT2D eigenvalue weighted by atomic mass is 10.1. The van der Waals surface area contributed by atoms with Crippen molar-refractivity contribution in [2.45, 2.75) is 33.9 Å². The van der Waals surface area contributed by atoms with Crippen molar-refractivity contribution < 1.29 is 4.57 Å². The molecule has 26 heavy (non-hydrogen) atoms. The normalized spacial score (nSPS) is 16.1. The van der Waals surface area contributed by atoms with Crippen molar-refractivity contribution in [2.24, 2.45) is 7.05 Å². The molecule has 4 nitrogen and oxygen atoms in total. The number of fused-ring (bicyclic) bond motifs is 1. The Labute approximate surface area is 155 Å². The van der Waals surface area contributed by atoms with Gasteiger partial charge in [-0.3, -0.25) is 9.88 Å². The lowest BCUT2D eigenvalue weighted by Crippen LogP contribution is -2.43. The minimum absolute atomic E-state index is 0.155. The fourth-order valence-corrected chi connectivity index (χ4v) is 4.16. The SMILES string of the molecule is Cc1cc(C)c(N2c3ccccc3N(c3cccc[n+]3C)[C@@H]2C)c(C)n1. The molecule has 3 aromatic rings. The van der Waals surface area contributed by atoms with Crippen LogP contribution < -0.4 is 14.4 Å². The molecule has 1 aliphatic rings. The number of benzene rings is 1. The van der Waals surface area contributed by atoms with Gasteiger partial charge in [-0.2, -0.15) is 0 Å². The van der Waals surface area contributed by atoms with Crippen LogP contribution in [0.3, 0.4) is 0 Å². The molecule has 1 aromatic carbocycles. The monoisotopic (exact) mass is 345 g/mol. The second kappa shape index (κ2) is 6.13. The second-order valence-corrected chi connectivity index (χ2v) is 7.04. The number of rotatable bonds is 2. The molecule has 0 amide bonds. The number of anilines is 4. The number of hydrogen-bond donors (Lipinski definition) is 0. The minimum atomic E-state index is 0.155. The van der Waals surface area contributed by atoms with E-state index in [1.807, 2.05) is 0 Å². The zero-order valence-corrected chi connectivity index (χ0v) is 16.1. The minimum Gasteiger partial charge on any atom is -0.296 e. The summed E-state index contributed by atoms with van der Waals surface area (Å²) in [5.74, 6) is 1.17. The Morgan fingerprint density at radius 2 is 1.58 bits per heavy atom. The van der Waals surface area contributed by atoms with Gasteiger partial charge >= 0.3 is 0 Å². The van der Waals surface area contributed by atoms with Gasteiger partial charge in [-0.15, -0.1) is 0 Å². The molecule has 0 saturated carbocycles. The van der Waals surface area contributed by atoms with Gasteiger partial charge < -0.3 is 0 Å². The largest absolute Gasteiger partial charge is 0.296 e. The Bertz CT molecular complexity index is 956. The highest BCUT2D eigenvalue weighted by Crippen LogP contribution is 2.47. The molecule has 132 valence electrons. The van der Waals surface area contributed by atoms with Crippen molar-refractivity contribution in [1.82, 2.24) is 4.98 Å². The smallest absolute Gasteiger partial charge is 0.283 e. The van der Waals surface area contributed by atoms with Gasteiger partial charge in [0.05, 0.1) is 30.3 Å². The molecule has 4 heteroatoms. The van der Waals surface area contributed by atoms with Gasteiger partial charge in [-0.25, -0.2) is 9.47 Å². The zero-order chi connectivity index (χ0) is 18.4. The van der Waals surface area contributed by atoms with Gasteiger partial charge in [-0.05, 0) is 57.5 Å². The molecule has 0 radical (unpaired) electrons. The van der Waals surface area contributed by atoms with Crippen molar-refractivity contribution in [3.05, 3.63) is 71.7 Å². The van der Waals surface area contributed by atoms with E-state index in [1.54, 1.807) is 0 Å². The van der Waals surface area contributed by atoms with E-state index in [9.17, 15) is 0 Å². The Hall–Kier alpha value is -2.88. The van der Waals surface area contributed by atoms with Crippen LogP contribution in [-0.2, 0) is 7.05 Å². The summed E-state index contributed by atoms with van der Waals surface area (Å²) in [6.07, 6.45) is 2.25. The quantitative estimate of drug-likeness (QED) is 0.640. The van der Waals surface area contributed by atoms with Crippen LogP contribution in [0.1, 0.15) is 23.9 Å². The molecule has 0 N–H and O–H groups in total. The first-order chi connectivity index (χ1) is 12.5. The molecule has 4 rings (SSSR count). The van der Waals surface area contributed by atoms with Crippen molar-refractivity contribution in [1.29, 1.82) is 0 Å². The highest BCUT2D eigenvalue weighted by Gasteiger charge is 2.42. The van der Waals surface area contributed by atoms with Crippen LogP contribution >= 0.6 is 0 Å². The summed E-state index contributed by atoms with van der Waals surface area (Å²) in [5, 5.41) is 0. The molecule has 0 aliphatic carbocycles. The third-order valence-corrected chi connectivity index (χ3v) is 5.15. The lowest BCUT2D eigenvalue weighted by Gasteiger charge is -2.28. The van der Waals surface area contributed by atoms with Gasteiger partial charge in [0.2, 0.25) is 0 Å². The van der Waals surface area contributed by atoms with E-state index in [-0.39, 0.29) is 6.17 Å². The highest BCUT2D eigenvalue weighted by molar-refractivity contribution is 5.88. The summed E-state index contributed by atoms with van der Waals surface area (Å²) in [7, 11) is 2.09. The maximum atomic E-state index is 4.74. The predicted octanol–water partition coefficient (Wildman–Crippen LogP) is 4.47. The molecule has 0 fully saturated rings. The maximum Gasteiger partial charge on any atom is 0.283 e. The third kappa shape index (κ3) is 2.45. The summed E-state index contributed by atoms with van der Waals surface area (Å²) in [4.78, 5) is 9.55. The molecule has 1 atom stereocenters. The van der Waals surface area contributed by atoms with Crippen LogP contribution in [-0.4, -0.2) is 11.1 Å². The average molecular weight is 345 g/mol. The number of para-hydroxylation sites is 2. The van der Waals surface area contributed by atoms with E-state index in [0.717, 1.165) is 11.4 Å². The van der Waals surface area contributed by atoms with Crippen molar-refractivity contribution in [3.63, 3.8) is 0 Å². The number of aryl methyl sites for hydroxylation is 4. The number of aromatic nitrogens is 2. The van der Waals surface area contributed by atoms with Crippen molar-refractivity contribution in [2.75, 3.05) is 9.80 Å². The van der Waals surface area contributed by atoms with Crippen LogP contribution in [0.2, 0.25) is 0 Å². The molecule has 0 bridgehead atoms. The molecule has 3 heterocycles. The molecule has 0 spiro atoms. The van der Waals surface area contributed by atoms with E-state index >= 15 is 0 Å². The van der Waals surface area contributed by atoms with Crippen molar-refractivity contribution in [3.8, 4) is 0 Å². The van der Waals surface area contributed by atoms with Gasteiger partial charge in [0.15, 0.2) is 11.9 Å². The summed E-state index contributed by atoms with van der Waals surface area (Å²) < 4.78 is 2.17. The van der Waals surface area contributed by atoms with Gasteiger partial charge in [0.25, 0.3) is 5.82 Å². The van der Waals surface area contributed by atoms with Gasteiger partial charge in [-0.1, -0.05) is 18.2 Å². The van der Waals surface area contributed by atoms with E-state index in [1.165, 1.54) is 28.4 Å². The summed E-state index contributed by atoms with van der Waals surface area (Å²) >= 11 is 0. The summed E-state index contributed by atoms with van der Waals surface area (Å²) in [6.45, 7) is 8.60. The van der Waals surface area contributed by atoms with E-state index < -0.39 is 0 Å². The first-order valence-corrected chi connectivity index (χ1v) is 9.06. The molecular weight excluding hydrogens is 320 g/mol. The van der Waals surface area contributed by atoms with E-state index in [0.29, 0.717) is 0 Å². The fourth-order valence-electron chi connectivity index (χ4n) is 4.16.